The lowest BCUT2D eigenvalue weighted by atomic mass is 9.86. The molecule has 0 aliphatic heterocycles. The number of benzene rings is 1. The van der Waals surface area contributed by atoms with Gasteiger partial charge in [0.15, 0.2) is 0 Å². The SMILES string of the molecule is CCn1cnnc1CNC(C)c1ccc(C(C)(C)C)cc1. The summed E-state index contributed by atoms with van der Waals surface area (Å²) >= 11 is 0. The van der Waals surface area contributed by atoms with E-state index >= 15 is 0 Å². The highest BCUT2D eigenvalue weighted by molar-refractivity contribution is 5.29. The third-order valence-corrected chi connectivity index (χ3v) is 3.88. The average Bonchev–Trinajstić information content (AvgIpc) is 2.91. The summed E-state index contributed by atoms with van der Waals surface area (Å²) in [6, 6.07) is 9.16. The normalized spacial score (nSPS) is 13.4. The molecule has 1 aromatic heterocycles. The van der Waals surface area contributed by atoms with Crippen LogP contribution in [0.15, 0.2) is 30.6 Å². The molecule has 1 unspecified atom stereocenters. The zero-order valence-corrected chi connectivity index (χ0v) is 13.7. The van der Waals surface area contributed by atoms with Crippen molar-refractivity contribution in [3.63, 3.8) is 0 Å². The first-order valence-corrected chi connectivity index (χ1v) is 7.62. The van der Waals surface area contributed by atoms with E-state index in [0.717, 1.165) is 18.9 Å². The summed E-state index contributed by atoms with van der Waals surface area (Å²) in [5, 5.41) is 11.6. The molecule has 1 heterocycles. The quantitative estimate of drug-likeness (QED) is 0.915. The van der Waals surface area contributed by atoms with Gasteiger partial charge in [0.2, 0.25) is 0 Å². The van der Waals surface area contributed by atoms with Crippen molar-refractivity contribution in [2.45, 2.75) is 59.2 Å². The van der Waals surface area contributed by atoms with Gasteiger partial charge >= 0.3 is 0 Å². The molecule has 2 aromatic rings. The van der Waals surface area contributed by atoms with Gasteiger partial charge in [-0.15, -0.1) is 10.2 Å². The fourth-order valence-corrected chi connectivity index (χ4v) is 2.31. The van der Waals surface area contributed by atoms with E-state index in [2.05, 4.69) is 79.0 Å². The molecular formula is C17H26N4. The number of aryl methyl sites for hydroxylation is 1. The molecule has 0 aliphatic carbocycles. The Labute approximate surface area is 127 Å². The third kappa shape index (κ3) is 3.91. The van der Waals surface area contributed by atoms with Gasteiger partial charge in [-0.25, -0.2) is 0 Å². The largest absolute Gasteiger partial charge is 0.317 e. The van der Waals surface area contributed by atoms with Gasteiger partial charge in [-0.2, -0.15) is 0 Å². The number of hydrogen-bond acceptors (Lipinski definition) is 3. The van der Waals surface area contributed by atoms with Crippen LogP contribution in [0.5, 0.6) is 0 Å². The highest BCUT2D eigenvalue weighted by Gasteiger charge is 2.14. The van der Waals surface area contributed by atoms with Crippen molar-refractivity contribution in [3.8, 4) is 0 Å². The first kappa shape index (κ1) is 15.7. The summed E-state index contributed by atoms with van der Waals surface area (Å²) in [5.74, 6) is 0.982. The lowest BCUT2D eigenvalue weighted by Crippen LogP contribution is -2.21. The Morgan fingerprint density at radius 3 is 2.43 bits per heavy atom. The summed E-state index contributed by atoms with van der Waals surface area (Å²) in [6.07, 6.45) is 1.78. The molecular weight excluding hydrogens is 260 g/mol. The van der Waals surface area contributed by atoms with Gasteiger partial charge in [0.25, 0.3) is 0 Å². The standard InChI is InChI=1S/C17H26N4/c1-6-21-12-19-20-16(21)11-18-13(2)14-7-9-15(10-8-14)17(3,4)5/h7-10,12-13,18H,6,11H2,1-5H3. The Hall–Kier alpha value is -1.68. The number of nitrogens with one attached hydrogen (secondary N) is 1. The third-order valence-electron chi connectivity index (χ3n) is 3.88. The van der Waals surface area contributed by atoms with E-state index in [0.29, 0.717) is 6.04 Å². The van der Waals surface area contributed by atoms with Gasteiger partial charge in [-0.05, 0) is 30.4 Å². The predicted octanol–water partition coefficient (Wildman–Crippen LogP) is 3.45. The highest BCUT2D eigenvalue weighted by Crippen LogP contribution is 2.23. The molecule has 0 saturated heterocycles. The van der Waals surface area contributed by atoms with Crippen molar-refractivity contribution < 1.29 is 0 Å². The summed E-state index contributed by atoms with van der Waals surface area (Å²) in [4.78, 5) is 0. The van der Waals surface area contributed by atoms with E-state index in [1.807, 2.05) is 0 Å². The van der Waals surface area contributed by atoms with Crippen LogP contribution in [-0.4, -0.2) is 14.8 Å². The van der Waals surface area contributed by atoms with Gasteiger partial charge < -0.3 is 9.88 Å². The Bertz CT molecular complexity index is 563. The maximum Gasteiger partial charge on any atom is 0.146 e. The van der Waals surface area contributed by atoms with Crippen molar-refractivity contribution in [2.24, 2.45) is 0 Å². The van der Waals surface area contributed by atoms with Gasteiger partial charge in [0.1, 0.15) is 12.2 Å². The minimum absolute atomic E-state index is 0.201. The second-order valence-corrected chi connectivity index (χ2v) is 6.51. The number of nitrogens with zero attached hydrogens (tertiary/aromatic N) is 3. The van der Waals surface area contributed by atoms with E-state index in [-0.39, 0.29) is 5.41 Å². The van der Waals surface area contributed by atoms with E-state index < -0.39 is 0 Å². The lowest BCUT2D eigenvalue weighted by molar-refractivity contribution is 0.538. The van der Waals surface area contributed by atoms with E-state index in [1.165, 1.54) is 11.1 Å². The number of rotatable bonds is 5. The minimum atomic E-state index is 0.201. The van der Waals surface area contributed by atoms with Crippen LogP contribution >= 0.6 is 0 Å². The molecule has 0 amide bonds. The lowest BCUT2D eigenvalue weighted by Gasteiger charge is -2.20. The van der Waals surface area contributed by atoms with Gasteiger partial charge in [0.05, 0.1) is 6.54 Å². The van der Waals surface area contributed by atoms with Crippen molar-refractivity contribution in [1.82, 2.24) is 20.1 Å². The number of hydrogen-bond donors (Lipinski definition) is 1. The van der Waals surface area contributed by atoms with Crippen LogP contribution in [0.2, 0.25) is 0 Å². The molecule has 0 fully saturated rings. The molecule has 4 nitrogen and oxygen atoms in total. The first-order valence-electron chi connectivity index (χ1n) is 7.62. The molecule has 21 heavy (non-hydrogen) atoms. The van der Waals surface area contributed by atoms with Crippen LogP contribution in [0.4, 0.5) is 0 Å². The number of aromatic nitrogens is 3. The molecule has 0 bridgehead atoms. The van der Waals surface area contributed by atoms with Crippen LogP contribution in [0.1, 0.15) is 57.6 Å². The first-order chi connectivity index (χ1) is 9.91. The van der Waals surface area contributed by atoms with Gasteiger partial charge in [0, 0.05) is 12.6 Å². The Morgan fingerprint density at radius 1 is 1.19 bits per heavy atom. The fraction of sp³-hybridized carbons (Fsp3) is 0.529. The molecule has 114 valence electrons. The monoisotopic (exact) mass is 286 g/mol. The Balaban J connectivity index is 1.99. The smallest absolute Gasteiger partial charge is 0.146 e. The van der Waals surface area contributed by atoms with Crippen LogP contribution in [0, 0.1) is 0 Å². The summed E-state index contributed by atoms with van der Waals surface area (Å²) < 4.78 is 2.06. The second-order valence-electron chi connectivity index (χ2n) is 6.51. The zero-order valence-electron chi connectivity index (χ0n) is 13.7. The molecule has 1 aromatic carbocycles. The zero-order chi connectivity index (χ0) is 15.5. The molecule has 4 heteroatoms. The summed E-state index contributed by atoms with van der Waals surface area (Å²) in [7, 11) is 0. The molecule has 0 aliphatic rings. The van der Waals surface area contributed by atoms with Crippen molar-refractivity contribution in [1.29, 1.82) is 0 Å². The topological polar surface area (TPSA) is 42.7 Å². The summed E-state index contributed by atoms with van der Waals surface area (Å²) in [6.45, 7) is 12.6. The van der Waals surface area contributed by atoms with Gasteiger partial charge in [-0.3, -0.25) is 0 Å². The van der Waals surface area contributed by atoms with Crippen LogP contribution in [0.3, 0.4) is 0 Å². The maximum atomic E-state index is 4.15. The summed E-state index contributed by atoms with van der Waals surface area (Å²) in [5.41, 5.74) is 2.86. The molecule has 1 N–H and O–H groups in total. The van der Waals surface area contributed by atoms with Crippen molar-refractivity contribution in [2.75, 3.05) is 0 Å². The van der Waals surface area contributed by atoms with Crippen molar-refractivity contribution in [3.05, 3.63) is 47.5 Å². The Kier molecular flexibility index (Phi) is 4.78. The van der Waals surface area contributed by atoms with Crippen LogP contribution in [-0.2, 0) is 18.5 Å². The van der Waals surface area contributed by atoms with E-state index in [4.69, 9.17) is 0 Å². The second kappa shape index (κ2) is 6.39. The predicted molar refractivity (Wildman–Crippen MR) is 86.1 cm³/mol. The van der Waals surface area contributed by atoms with Crippen LogP contribution in [0.25, 0.3) is 0 Å². The molecule has 2 rings (SSSR count). The minimum Gasteiger partial charge on any atom is -0.317 e. The van der Waals surface area contributed by atoms with Crippen LogP contribution < -0.4 is 5.32 Å². The van der Waals surface area contributed by atoms with E-state index in [9.17, 15) is 0 Å². The molecule has 0 saturated carbocycles. The van der Waals surface area contributed by atoms with E-state index in [1.54, 1.807) is 6.33 Å². The molecule has 1 atom stereocenters. The molecule has 0 spiro atoms. The fourth-order valence-electron chi connectivity index (χ4n) is 2.31. The highest BCUT2D eigenvalue weighted by atomic mass is 15.3. The van der Waals surface area contributed by atoms with Crippen molar-refractivity contribution >= 4 is 0 Å². The maximum absolute atomic E-state index is 4.15. The molecule has 0 radical (unpaired) electrons. The Morgan fingerprint density at radius 2 is 1.86 bits per heavy atom. The average molecular weight is 286 g/mol. The van der Waals surface area contributed by atoms with Gasteiger partial charge in [-0.1, -0.05) is 45.0 Å².